The maximum atomic E-state index is 12.0. The van der Waals surface area contributed by atoms with Crippen molar-refractivity contribution in [3.8, 4) is 0 Å². The lowest BCUT2D eigenvalue weighted by Gasteiger charge is -2.11. The van der Waals surface area contributed by atoms with Crippen LogP contribution in [0.15, 0.2) is 39.5 Å². The fraction of sp³-hybridized carbons (Fsp3) is 0.143. The van der Waals surface area contributed by atoms with E-state index in [1.165, 1.54) is 6.07 Å². The van der Waals surface area contributed by atoms with Gasteiger partial charge in [-0.05, 0) is 12.1 Å². The first-order valence-electron chi connectivity index (χ1n) is 6.17. The Hall–Kier alpha value is -3.16. The average Bonchev–Trinajstić information content (AvgIpc) is 2.45. The molecule has 0 aliphatic carbocycles. The molecule has 1 aromatic carbocycles. The first-order chi connectivity index (χ1) is 10.4. The molecule has 0 saturated heterocycles. The van der Waals surface area contributed by atoms with Gasteiger partial charge in [0.15, 0.2) is 0 Å². The molecule has 3 N–H and O–H groups in total. The Morgan fingerprint density at radius 3 is 2.50 bits per heavy atom. The Bertz CT molecular complexity index is 808. The first-order valence-corrected chi connectivity index (χ1v) is 6.17. The van der Waals surface area contributed by atoms with Crippen molar-refractivity contribution in [3.63, 3.8) is 0 Å². The molecule has 0 aliphatic rings. The third kappa shape index (κ3) is 3.29. The normalized spacial score (nSPS) is 11.8. The van der Waals surface area contributed by atoms with E-state index in [1.54, 1.807) is 24.3 Å². The van der Waals surface area contributed by atoms with Crippen molar-refractivity contribution >= 4 is 28.8 Å². The molecule has 0 fully saturated rings. The van der Waals surface area contributed by atoms with E-state index in [4.69, 9.17) is 14.6 Å². The standard InChI is InChI=1S/C14H11NO7/c16-11(17)6-9(13(19)20)15-12(18)8-5-7-3-1-2-4-10(7)22-14(8)21/h1-5,9H,6H2,(H,15,18)(H,16,17)(H,19,20). The zero-order valence-corrected chi connectivity index (χ0v) is 11.1. The van der Waals surface area contributed by atoms with Crippen LogP contribution in [0, 0.1) is 0 Å². The zero-order valence-electron chi connectivity index (χ0n) is 11.1. The van der Waals surface area contributed by atoms with Gasteiger partial charge >= 0.3 is 17.6 Å². The van der Waals surface area contributed by atoms with Gasteiger partial charge in [-0.3, -0.25) is 9.59 Å². The first kappa shape index (κ1) is 15.2. The second kappa shape index (κ2) is 6.08. The maximum absolute atomic E-state index is 12.0. The number of aliphatic carboxylic acids is 2. The molecule has 1 heterocycles. The van der Waals surface area contributed by atoms with Gasteiger partial charge in [-0.2, -0.15) is 0 Å². The summed E-state index contributed by atoms with van der Waals surface area (Å²) in [4.78, 5) is 45.2. The number of carbonyl (C=O) groups excluding carboxylic acids is 1. The van der Waals surface area contributed by atoms with E-state index < -0.39 is 41.5 Å². The summed E-state index contributed by atoms with van der Waals surface area (Å²) in [5.74, 6) is -3.91. The summed E-state index contributed by atoms with van der Waals surface area (Å²) in [6.07, 6.45) is -0.806. The van der Waals surface area contributed by atoms with Gasteiger partial charge in [-0.1, -0.05) is 18.2 Å². The lowest BCUT2D eigenvalue weighted by molar-refractivity contribution is -0.145. The van der Waals surface area contributed by atoms with Crippen LogP contribution in [0.5, 0.6) is 0 Å². The van der Waals surface area contributed by atoms with Crippen LogP contribution in [0.4, 0.5) is 0 Å². The number of hydrogen-bond acceptors (Lipinski definition) is 5. The highest BCUT2D eigenvalue weighted by atomic mass is 16.4. The molecular formula is C14H11NO7. The van der Waals surface area contributed by atoms with Crippen molar-refractivity contribution in [2.24, 2.45) is 0 Å². The van der Waals surface area contributed by atoms with Gasteiger partial charge in [0.1, 0.15) is 17.2 Å². The van der Waals surface area contributed by atoms with Gasteiger partial charge < -0.3 is 19.9 Å². The van der Waals surface area contributed by atoms with Crippen LogP contribution in [-0.4, -0.2) is 34.1 Å². The van der Waals surface area contributed by atoms with Crippen molar-refractivity contribution in [2.45, 2.75) is 12.5 Å². The highest BCUT2D eigenvalue weighted by Gasteiger charge is 2.25. The van der Waals surface area contributed by atoms with E-state index in [9.17, 15) is 19.2 Å². The Labute approximate surface area is 123 Å². The summed E-state index contributed by atoms with van der Waals surface area (Å²) in [7, 11) is 0. The number of carboxylic acid groups (broad SMARTS) is 2. The number of amides is 1. The number of hydrogen-bond donors (Lipinski definition) is 3. The average molecular weight is 305 g/mol. The molecular weight excluding hydrogens is 294 g/mol. The summed E-state index contributed by atoms with van der Waals surface area (Å²) in [5, 5.41) is 20.0. The molecule has 0 radical (unpaired) electrons. The van der Waals surface area contributed by atoms with Crippen molar-refractivity contribution in [1.29, 1.82) is 0 Å². The van der Waals surface area contributed by atoms with Gasteiger partial charge in [0.2, 0.25) is 0 Å². The van der Waals surface area contributed by atoms with Gasteiger partial charge in [-0.25, -0.2) is 9.59 Å². The number of fused-ring (bicyclic) bond motifs is 1. The van der Waals surface area contributed by atoms with E-state index >= 15 is 0 Å². The number of carboxylic acids is 2. The number of benzene rings is 1. The lowest BCUT2D eigenvalue weighted by Crippen LogP contribution is -2.43. The van der Waals surface area contributed by atoms with Crippen LogP contribution >= 0.6 is 0 Å². The molecule has 8 nitrogen and oxygen atoms in total. The summed E-state index contributed by atoms with van der Waals surface area (Å²) in [6, 6.07) is 6.10. The fourth-order valence-electron chi connectivity index (χ4n) is 1.83. The number of carbonyl (C=O) groups is 3. The largest absolute Gasteiger partial charge is 0.481 e. The Balaban J connectivity index is 2.32. The number of para-hydroxylation sites is 1. The number of rotatable bonds is 5. The molecule has 1 aromatic heterocycles. The van der Waals surface area contributed by atoms with Crippen molar-refractivity contribution in [1.82, 2.24) is 5.32 Å². The smallest absolute Gasteiger partial charge is 0.349 e. The van der Waals surface area contributed by atoms with E-state index in [1.807, 2.05) is 5.32 Å². The fourth-order valence-corrected chi connectivity index (χ4v) is 1.83. The molecule has 2 rings (SSSR count). The van der Waals surface area contributed by atoms with Crippen LogP contribution in [-0.2, 0) is 9.59 Å². The summed E-state index contributed by atoms with van der Waals surface area (Å²) < 4.78 is 4.96. The van der Waals surface area contributed by atoms with E-state index in [0.29, 0.717) is 5.39 Å². The SMILES string of the molecule is O=C(O)CC(NC(=O)c1cc2ccccc2oc1=O)C(=O)O. The molecule has 0 saturated carbocycles. The minimum atomic E-state index is -1.64. The molecule has 1 unspecified atom stereocenters. The van der Waals surface area contributed by atoms with Crippen molar-refractivity contribution < 1.29 is 29.0 Å². The van der Waals surface area contributed by atoms with E-state index in [0.717, 1.165) is 0 Å². The van der Waals surface area contributed by atoms with Gasteiger partial charge in [0.05, 0.1) is 6.42 Å². The third-order valence-corrected chi connectivity index (χ3v) is 2.87. The molecule has 22 heavy (non-hydrogen) atoms. The predicted octanol–water partition coefficient (Wildman–Crippen LogP) is 0.451. The molecule has 1 amide bonds. The molecule has 1 atom stereocenters. The van der Waals surface area contributed by atoms with Crippen molar-refractivity contribution in [3.05, 3.63) is 46.3 Å². The predicted molar refractivity (Wildman–Crippen MR) is 73.6 cm³/mol. The maximum Gasteiger partial charge on any atom is 0.349 e. The second-order valence-electron chi connectivity index (χ2n) is 4.45. The Morgan fingerprint density at radius 1 is 1.18 bits per heavy atom. The zero-order chi connectivity index (χ0) is 16.3. The molecule has 8 heteroatoms. The molecule has 2 aromatic rings. The van der Waals surface area contributed by atoms with E-state index in [2.05, 4.69) is 0 Å². The Kier molecular flexibility index (Phi) is 4.21. The van der Waals surface area contributed by atoms with Crippen LogP contribution in [0.25, 0.3) is 11.0 Å². The quantitative estimate of drug-likeness (QED) is 0.683. The van der Waals surface area contributed by atoms with E-state index in [-0.39, 0.29) is 5.58 Å². The van der Waals surface area contributed by atoms with Crippen LogP contribution in [0.3, 0.4) is 0 Å². The van der Waals surface area contributed by atoms with Gasteiger partial charge in [0, 0.05) is 5.39 Å². The second-order valence-corrected chi connectivity index (χ2v) is 4.45. The highest BCUT2D eigenvalue weighted by Crippen LogP contribution is 2.12. The minimum Gasteiger partial charge on any atom is -0.481 e. The van der Waals surface area contributed by atoms with Crippen molar-refractivity contribution in [2.75, 3.05) is 0 Å². The monoisotopic (exact) mass is 305 g/mol. The van der Waals surface area contributed by atoms with Crippen LogP contribution in [0.1, 0.15) is 16.8 Å². The molecule has 114 valence electrons. The van der Waals surface area contributed by atoms with Crippen LogP contribution in [0.2, 0.25) is 0 Å². The third-order valence-electron chi connectivity index (χ3n) is 2.87. The van der Waals surface area contributed by atoms with Gasteiger partial charge in [-0.15, -0.1) is 0 Å². The van der Waals surface area contributed by atoms with Gasteiger partial charge in [0.25, 0.3) is 5.91 Å². The molecule has 0 aliphatic heterocycles. The highest BCUT2D eigenvalue weighted by molar-refractivity contribution is 5.99. The summed E-state index contributed by atoms with van der Waals surface area (Å²) in [5.41, 5.74) is -1.05. The minimum absolute atomic E-state index is 0.282. The topological polar surface area (TPSA) is 134 Å². The Morgan fingerprint density at radius 2 is 1.86 bits per heavy atom. The molecule has 0 spiro atoms. The summed E-state index contributed by atoms with van der Waals surface area (Å²) >= 11 is 0. The van der Waals surface area contributed by atoms with Crippen LogP contribution < -0.4 is 10.9 Å². The molecule has 0 bridgehead atoms. The summed E-state index contributed by atoms with van der Waals surface area (Å²) in [6.45, 7) is 0. The lowest BCUT2D eigenvalue weighted by atomic mass is 10.1. The number of nitrogens with one attached hydrogen (secondary N) is 1.